The highest BCUT2D eigenvalue weighted by Crippen LogP contribution is 2.41. The van der Waals surface area contributed by atoms with E-state index in [2.05, 4.69) is 10.1 Å². The van der Waals surface area contributed by atoms with Crippen LogP contribution in [-0.4, -0.2) is 44.7 Å². The Hall–Kier alpha value is -3.84. The lowest BCUT2D eigenvalue weighted by Gasteiger charge is -2.35. The lowest BCUT2D eigenvalue weighted by Crippen LogP contribution is -2.39. The molecule has 1 aliphatic carbocycles. The highest BCUT2D eigenvalue weighted by atomic mass is 19.4. The van der Waals surface area contributed by atoms with Crippen LogP contribution in [0.5, 0.6) is 0 Å². The molecule has 3 heterocycles. The molecular formula is C30H33F6N5O3. The van der Waals surface area contributed by atoms with Crippen molar-refractivity contribution >= 4 is 11.9 Å². The Labute approximate surface area is 250 Å². The minimum atomic E-state index is -5.03. The average Bonchev–Trinajstić information content (AvgIpc) is 3.45. The second-order valence-corrected chi connectivity index (χ2v) is 11.3. The van der Waals surface area contributed by atoms with Gasteiger partial charge in [0, 0.05) is 12.6 Å². The summed E-state index contributed by atoms with van der Waals surface area (Å²) < 4.78 is 92.1. The third-order valence-electron chi connectivity index (χ3n) is 8.39. The second-order valence-electron chi connectivity index (χ2n) is 11.3. The summed E-state index contributed by atoms with van der Waals surface area (Å²) in [5.74, 6) is 1.07. The molecule has 8 nitrogen and oxygen atoms in total. The number of aromatic nitrogens is 3. The van der Waals surface area contributed by atoms with E-state index in [1.165, 1.54) is 11.8 Å². The fourth-order valence-corrected chi connectivity index (χ4v) is 6.17. The summed E-state index contributed by atoms with van der Waals surface area (Å²) in [5, 5.41) is 3.99. The predicted molar refractivity (Wildman–Crippen MR) is 148 cm³/mol. The van der Waals surface area contributed by atoms with E-state index in [0.717, 1.165) is 32.1 Å². The number of halogens is 6. The van der Waals surface area contributed by atoms with Crippen molar-refractivity contribution in [2.45, 2.75) is 96.9 Å². The number of carbonyl (C=O) groups is 1. The molecule has 1 aliphatic heterocycles. The molecule has 1 aromatic carbocycles. The van der Waals surface area contributed by atoms with E-state index < -0.39 is 47.3 Å². The highest BCUT2D eigenvalue weighted by molar-refractivity contribution is 5.72. The molecule has 2 aromatic heterocycles. The topological polar surface area (TPSA) is 84.6 Å². The summed E-state index contributed by atoms with van der Waals surface area (Å²) in [6, 6.07) is 0.522. The van der Waals surface area contributed by atoms with Crippen molar-refractivity contribution in [3.63, 3.8) is 0 Å². The van der Waals surface area contributed by atoms with Gasteiger partial charge in [0.05, 0.1) is 46.9 Å². The normalized spacial score (nSPS) is 19.9. The lowest BCUT2D eigenvalue weighted by atomic mass is 9.94. The molecule has 0 spiro atoms. The van der Waals surface area contributed by atoms with Gasteiger partial charge in [0.1, 0.15) is 17.6 Å². The SMILES string of the molecule is CCN(c1ncc(-c2c(C)noc2C)nc1CN1C(=O)OC(c2cc(C(F)(F)F)cc(C(F)(F)F)c2)[C@@H]1C)C1CCCCC1. The maximum absolute atomic E-state index is 13.6. The van der Waals surface area contributed by atoms with Crippen LogP contribution in [0.25, 0.3) is 11.3 Å². The van der Waals surface area contributed by atoms with E-state index in [1.54, 1.807) is 20.0 Å². The number of carbonyl (C=O) groups excluding carboxylic acids is 1. The van der Waals surface area contributed by atoms with Crippen molar-refractivity contribution in [1.82, 2.24) is 20.0 Å². The van der Waals surface area contributed by atoms with Crippen LogP contribution in [0, 0.1) is 13.8 Å². The minimum absolute atomic E-state index is 0.0510. The van der Waals surface area contributed by atoms with E-state index in [4.69, 9.17) is 19.2 Å². The van der Waals surface area contributed by atoms with Gasteiger partial charge in [-0.25, -0.2) is 14.8 Å². The molecule has 0 radical (unpaired) electrons. The molecule has 2 aliphatic rings. The zero-order valence-electron chi connectivity index (χ0n) is 24.7. The van der Waals surface area contributed by atoms with Crippen LogP contribution in [0.15, 0.2) is 28.9 Å². The molecule has 14 heteroatoms. The van der Waals surface area contributed by atoms with E-state index in [9.17, 15) is 31.1 Å². The number of hydrogen-bond donors (Lipinski definition) is 0. The van der Waals surface area contributed by atoms with E-state index in [0.29, 0.717) is 52.9 Å². The fourth-order valence-electron chi connectivity index (χ4n) is 6.17. The standard InChI is InChI=1S/C30H33F6N5O3/c1-5-40(22-9-7-6-8-10-22)27-24(38-23(14-37-27)25-16(2)39-44-18(25)4)15-41-17(3)26(43-28(41)42)19-11-20(29(31,32)33)13-21(12-19)30(34,35)36/h11-14,17,22,26H,5-10,15H2,1-4H3/t17-,26?/m0/s1. The molecule has 0 bridgehead atoms. The monoisotopic (exact) mass is 625 g/mol. The van der Waals surface area contributed by atoms with Crippen LogP contribution >= 0.6 is 0 Å². The largest absolute Gasteiger partial charge is 0.439 e. The number of aryl methyl sites for hydroxylation is 2. The van der Waals surface area contributed by atoms with Crippen molar-refractivity contribution in [1.29, 1.82) is 0 Å². The van der Waals surface area contributed by atoms with Crippen molar-refractivity contribution in [2.24, 2.45) is 0 Å². The van der Waals surface area contributed by atoms with Crippen LogP contribution in [0.4, 0.5) is 37.0 Å². The molecule has 3 aromatic rings. The van der Waals surface area contributed by atoms with Crippen LogP contribution in [0.2, 0.25) is 0 Å². The molecule has 1 amide bonds. The maximum atomic E-state index is 13.6. The van der Waals surface area contributed by atoms with Crippen LogP contribution in [0.3, 0.4) is 0 Å². The smallest absolute Gasteiger partial charge is 0.416 e. The molecule has 0 N–H and O–H groups in total. The van der Waals surface area contributed by atoms with Gasteiger partial charge >= 0.3 is 18.4 Å². The highest BCUT2D eigenvalue weighted by Gasteiger charge is 2.44. The van der Waals surface area contributed by atoms with E-state index in [-0.39, 0.29) is 18.7 Å². The Morgan fingerprint density at radius 2 is 1.64 bits per heavy atom. The van der Waals surface area contributed by atoms with Crippen molar-refractivity contribution in [3.8, 4) is 11.3 Å². The van der Waals surface area contributed by atoms with Gasteiger partial charge in [-0.1, -0.05) is 24.4 Å². The molecule has 1 unspecified atom stereocenters. The summed E-state index contributed by atoms with van der Waals surface area (Å²) in [6.45, 7) is 7.49. The van der Waals surface area contributed by atoms with Crippen molar-refractivity contribution in [3.05, 3.63) is 58.2 Å². The number of hydrogen-bond acceptors (Lipinski definition) is 7. The van der Waals surface area contributed by atoms with Crippen molar-refractivity contribution in [2.75, 3.05) is 11.4 Å². The molecule has 44 heavy (non-hydrogen) atoms. The summed E-state index contributed by atoms with van der Waals surface area (Å²) in [5.41, 5.74) is -1.24. The number of anilines is 1. The summed E-state index contributed by atoms with van der Waals surface area (Å²) in [4.78, 5) is 26.2. The van der Waals surface area contributed by atoms with Gasteiger partial charge in [0.25, 0.3) is 0 Å². The zero-order chi connectivity index (χ0) is 32.0. The molecular weight excluding hydrogens is 592 g/mol. The van der Waals surface area contributed by atoms with Gasteiger partial charge in [-0.2, -0.15) is 26.3 Å². The third kappa shape index (κ3) is 6.20. The Morgan fingerprint density at radius 1 is 1.00 bits per heavy atom. The van der Waals surface area contributed by atoms with Gasteiger partial charge < -0.3 is 14.2 Å². The van der Waals surface area contributed by atoms with Crippen molar-refractivity contribution < 1.29 is 40.4 Å². The predicted octanol–water partition coefficient (Wildman–Crippen LogP) is 8.03. The van der Waals surface area contributed by atoms with Crippen LogP contribution < -0.4 is 4.90 Å². The fraction of sp³-hybridized carbons (Fsp3) is 0.533. The van der Waals surface area contributed by atoms with Crippen LogP contribution in [0.1, 0.15) is 85.9 Å². The average molecular weight is 626 g/mol. The first kappa shape index (κ1) is 31.6. The Morgan fingerprint density at radius 3 is 2.18 bits per heavy atom. The van der Waals surface area contributed by atoms with Gasteiger partial charge in [0.15, 0.2) is 5.82 Å². The number of amides is 1. The molecule has 5 rings (SSSR count). The summed E-state index contributed by atoms with van der Waals surface area (Å²) in [6.07, 6.45) is -5.53. The lowest BCUT2D eigenvalue weighted by molar-refractivity contribution is -0.143. The summed E-state index contributed by atoms with van der Waals surface area (Å²) in [7, 11) is 0. The number of rotatable bonds is 7. The first-order valence-electron chi connectivity index (χ1n) is 14.5. The third-order valence-corrected chi connectivity index (χ3v) is 8.39. The number of nitrogens with zero attached hydrogens (tertiary/aromatic N) is 5. The Kier molecular flexibility index (Phi) is 8.56. The zero-order valence-corrected chi connectivity index (χ0v) is 24.7. The number of ether oxygens (including phenoxy) is 1. The van der Waals surface area contributed by atoms with Gasteiger partial charge in [-0.05, 0) is 64.3 Å². The number of benzene rings is 1. The minimum Gasteiger partial charge on any atom is -0.439 e. The summed E-state index contributed by atoms with van der Waals surface area (Å²) >= 11 is 0. The van der Waals surface area contributed by atoms with E-state index in [1.807, 2.05) is 6.92 Å². The number of alkyl halides is 6. The molecule has 1 saturated carbocycles. The first-order valence-corrected chi connectivity index (χ1v) is 14.5. The Bertz CT molecular complexity index is 1460. The number of cyclic esters (lactones) is 1. The quantitative estimate of drug-likeness (QED) is 0.246. The van der Waals surface area contributed by atoms with Gasteiger partial charge in [-0.3, -0.25) is 4.90 Å². The van der Waals surface area contributed by atoms with Gasteiger partial charge in [-0.15, -0.1) is 0 Å². The van der Waals surface area contributed by atoms with Crippen LogP contribution in [-0.2, 0) is 23.6 Å². The Balaban J connectivity index is 1.53. The molecule has 1 saturated heterocycles. The second kappa shape index (κ2) is 11.9. The van der Waals surface area contributed by atoms with Gasteiger partial charge in [0.2, 0.25) is 0 Å². The first-order chi connectivity index (χ1) is 20.7. The molecule has 238 valence electrons. The van der Waals surface area contributed by atoms with E-state index >= 15 is 0 Å². The molecule has 2 fully saturated rings. The maximum Gasteiger partial charge on any atom is 0.416 e. The molecule has 2 atom stereocenters.